The van der Waals surface area contributed by atoms with Crippen LogP contribution in [0.3, 0.4) is 0 Å². The van der Waals surface area contributed by atoms with Gasteiger partial charge in [-0.15, -0.1) is 0 Å². The zero-order chi connectivity index (χ0) is 21.3. The predicted octanol–water partition coefficient (Wildman–Crippen LogP) is 7.02. The van der Waals surface area contributed by atoms with Crippen molar-refractivity contribution >= 4 is 15.2 Å². The molecular formula is C19H42O6P2. The fraction of sp³-hybridized carbons (Fsp3) is 1.00. The third-order valence-electron chi connectivity index (χ3n) is 3.48. The van der Waals surface area contributed by atoms with E-state index in [-0.39, 0.29) is 30.6 Å². The van der Waals surface area contributed by atoms with Gasteiger partial charge in [-0.2, -0.15) is 0 Å². The first-order valence-electron chi connectivity index (χ1n) is 10.3. The normalized spacial score (nSPS) is 14.7. The average molecular weight is 428 g/mol. The summed E-state index contributed by atoms with van der Waals surface area (Å²) in [5.74, 6) is 0. The fourth-order valence-corrected chi connectivity index (χ4v) is 8.45. The summed E-state index contributed by atoms with van der Waals surface area (Å²) in [4.78, 5) is 0. The largest absolute Gasteiger partial charge is 0.334 e. The van der Waals surface area contributed by atoms with Gasteiger partial charge in [-0.05, 0) is 61.8 Å². The van der Waals surface area contributed by atoms with Crippen molar-refractivity contribution in [3.05, 3.63) is 0 Å². The Bertz CT molecular complexity index is 463. The molecule has 0 N–H and O–H groups in total. The average Bonchev–Trinajstić information content (AvgIpc) is 2.42. The Morgan fingerprint density at radius 3 is 1.41 bits per heavy atom. The van der Waals surface area contributed by atoms with Gasteiger partial charge >= 0.3 is 15.2 Å². The number of hydrogen-bond acceptors (Lipinski definition) is 6. The first kappa shape index (κ1) is 27.3. The highest BCUT2D eigenvalue weighted by Gasteiger charge is 2.43. The van der Waals surface area contributed by atoms with Crippen molar-refractivity contribution in [1.29, 1.82) is 0 Å². The Hall–Kier alpha value is 0.300. The lowest BCUT2D eigenvalue weighted by molar-refractivity contribution is 0.128. The van der Waals surface area contributed by atoms with Gasteiger partial charge in [0.15, 0.2) is 0 Å². The van der Waals surface area contributed by atoms with Gasteiger partial charge in [0.2, 0.25) is 0 Å². The molecule has 0 bridgehead atoms. The van der Waals surface area contributed by atoms with Crippen molar-refractivity contribution in [3.63, 3.8) is 0 Å². The van der Waals surface area contributed by atoms with Gasteiger partial charge in [0.1, 0.15) is 0 Å². The third kappa shape index (κ3) is 11.8. The second kappa shape index (κ2) is 12.8. The van der Waals surface area contributed by atoms with E-state index < -0.39 is 20.9 Å². The van der Waals surface area contributed by atoms with Gasteiger partial charge in [-0.25, -0.2) is 0 Å². The molecule has 27 heavy (non-hydrogen) atoms. The standard InChI is InChI=1S/C19H42O6P2/c1-10-11-12-13-19(27(21,24-17(6)7)25-18(8)9)14-26(20,22-15(2)3)23-16(4)5/h15-19H,10-14H2,1-9H3. The summed E-state index contributed by atoms with van der Waals surface area (Å²) in [6.07, 6.45) is 2.47. The Kier molecular flexibility index (Phi) is 12.9. The molecule has 0 spiro atoms. The molecule has 0 amide bonds. The van der Waals surface area contributed by atoms with Crippen LogP contribution in [-0.4, -0.2) is 36.2 Å². The molecule has 0 aromatic carbocycles. The summed E-state index contributed by atoms with van der Waals surface area (Å²) in [6, 6.07) is 0. The van der Waals surface area contributed by atoms with Gasteiger partial charge in [0.05, 0.1) is 36.2 Å². The molecule has 0 heterocycles. The number of unbranched alkanes of at least 4 members (excludes halogenated alkanes) is 2. The van der Waals surface area contributed by atoms with E-state index >= 15 is 0 Å². The molecule has 1 atom stereocenters. The lowest BCUT2D eigenvalue weighted by Crippen LogP contribution is -2.24. The van der Waals surface area contributed by atoms with Crippen molar-refractivity contribution < 1.29 is 27.2 Å². The topological polar surface area (TPSA) is 71.1 Å². The van der Waals surface area contributed by atoms with Crippen LogP contribution < -0.4 is 0 Å². The molecule has 0 aromatic rings. The van der Waals surface area contributed by atoms with Crippen LogP contribution in [0.4, 0.5) is 0 Å². The first-order chi connectivity index (χ1) is 12.3. The maximum Gasteiger partial charge on any atom is 0.334 e. The van der Waals surface area contributed by atoms with Gasteiger partial charge in [0, 0.05) is 0 Å². The van der Waals surface area contributed by atoms with E-state index in [0.717, 1.165) is 19.3 Å². The van der Waals surface area contributed by atoms with Crippen LogP contribution in [0.1, 0.15) is 88.0 Å². The van der Waals surface area contributed by atoms with E-state index in [0.29, 0.717) is 6.42 Å². The number of rotatable bonds is 15. The van der Waals surface area contributed by atoms with E-state index in [9.17, 15) is 9.13 Å². The third-order valence-corrected chi connectivity index (χ3v) is 8.91. The summed E-state index contributed by atoms with van der Waals surface area (Å²) in [5.41, 5.74) is -0.530. The molecule has 0 aliphatic rings. The first-order valence-corrected chi connectivity index (χ1v) is 13.6. The molecule has 1 unspecified atom stereocenters. The molecule has 8 heteroatoms. The molecular weight excluding hydrogens is 386 g/mol. The monoisotopic (exact) mass is 428 g/mol. The predicted molar refractivity (Wildman–Crippen MR) is 113 cm³/mol. The van der Waals surface area contributed by atoms with Crippen LogP contribution in [-0.2, 0) is 27.2 Å². The smallest absolute Gasteiger partial charge is 0.306 e. The van der Waals surface area contributed by atoms with Crippen LogP contribution >= 0.6 is 15.2 Å². The minimum atomic E-state index is -3.50. The zero-order valence-electron chi connectivity index (χ0n) is 18.8. The van der Waals surface area contributed by atoms with Gasteiger partial charge < -0.3 is 18.1 Å². The molecule has 6 nitrogen and oxygen atoms in total. The second-order valence-electron chi connectivity index (χ2n) is 8.10. The summed E-state index contributed by atoms with van der Waals surface area (Å²) in [7, 11) is -6.95. The summed E-state index contributed by atoms with van der Waals surface area (Å²) in [6.45, 7) is 16.7. The zero-order valence-corrected chi connectivity index (χ0v) is 20.6. The molecule has 0 radical (unpaired) electrons. The van der Waals surface area contributed by atoms with Crippen molar-refractivity contribution in [2.45, 2.75) is 118 Å². The fourth-order valence-electron chi connectivity index (χ4n) is 2.78. The van der Waals surface area contributed by atoms with Crippen LogP contribution in [0.2, 0.25) is 0 Å². The quantitative estimate of drug-likeness (QED) is 0.206. The molecule has 0 saturated heterocycles. The Labute approximate surface area is 167 Å². The lowest BCUT2D eigenvalue weighted by Gasteiger charge is -2.32. The summed E-state index contributed by atoms with van der Waals surface area (Å²) >= 11 is 0. The van der Waals surface area contributed by atoms with E-state index in [1.165, 1.54) is 0 Å². The van der Waals surface area contributed by atoms with Gasteiger partial charge in [0.25, 0.3) is 0 Å². The summed E-state index contributed by atoms with van der Waals surface area (Å²) < 4.78 is 50.1. The maximum atomic E-state index is 13.7. The minimum Gasteiger partial charge on any atom is -0.306 e. The van der Waals surface area contributed by atoms with Crippen molar-refractivity contribution in [2.75, 3.05) is 6.16 Å². The minimum absolute atomic E-state index is 0.0315. The van der Waals surface area contributed by atoms with E-state index in [1.54, 1.807) is 0 Å². The van der Waals surface area contributed by atoms with Gasteiger partial charge in [-0.1, -0.05) is 26.2 Å². The lowest BCUT2D eigenvalue weighted by atomic mass is 10.2. The molecule has 0 aliphatic heterocycles. The molecule has 0 rings (SSSR count). The Morgan fingerprint density at radius 1 is 0.667 bits per heavy atom. The Balaban J connectivity index is 5.78. The molecule has 164 valence electrons. The highest BCUT2D eigenvalue weighted by molar-refractivity contribution is 7.58. The Morgan fingerprint density at radius 2 is 1.07 bits per heavy atom. The van der Waals surface area contributed by atoms with E-state index in [2.05, 4.69) is 6.92 Å². The number of hydrogen-bond donors (Lipinski definition) is 0. The van der Waals surface area contributed by atoms with E-state index in [1.807, 2.05) is 55.4 Å². The van der Waals surface area contributed by atoms with Gasteiger partial charge in [-0.3, -0.25) is 9.13 Å². The van der Waals surface area contributed by atoms with Crippen LogP contribution in [0.15, 0.2) is 0 Å². The SMILES string of the molecule is CCCCCC(CP(=O)(OC(C)C)OC(C)C)P(=O)(OC(C)C)OC(C)C. The maximum absolute atomic E-state index is 13.7. The second-order valence-corrected chi connectivity index (χ2v) is 12.3. The van der Waals surface area contributed by atoms with Crippen LogP contribution in [0, 0.1) is 0 Å². The summed E-state index contributed by atoms with van der Waals surface area (Å²) in [5, 5.41) is 0. The molecule has 0 aliphatic carbocycles. The highest BCUT2D eigenvalue weighted by atomic mass is 31.2. The van der Waals surface area contributed by atoms with Crippen LogP contribution in [0.25, 0.3) is 0 Å². The van der Waals surface area contributed by atoms with E-state index in [4.69, 9.17) is 18.1 Å². The van der Waals surface area contributed by atoms with Crippen molar-refractivity contribution in [3.8, 4) is 0 Å². The van der Waals surface area contributed by atoms with Crippen molar-refractivity contribution in [1.82, 2.24) is 0 Å². The molecule has 0 fully saturated rings. The highest BCUT2D eigenvalue weighted by Crippen LogP contribution is 2.62. The molecule has 0 aromatic heterocycles. The molecule has 0 saturated carbocycles. The van der Waals surface area contributed by atoms with Crippen LogP contribution in [0.5, 0.6) is 0 Å². The van der Waals surface area contributed by atoms with Crippen molar-refractivity contribution in [2.24, 2.45) is 0 Å².